The van der Waals surface area contributed by atoms with Gasteiger partial charge in [0.1, 0.15) is 5.82 Å². The summed E-state index contributed by atoms with van der Waals surface area (Å²) < 4.78 is 21.3. The van der Waals surface area contributed by atoms with E-state index in [2.05, 4.69) is 10.2 Å². The number of esters is 1. The minimum Gasteiger partial charge on any atom is -0.455 e. The Labute approximate surface area is 200 Å². The van der Waals surface area contributed by atoms with Crippen LogP contribution < -0.4 is 4.90 Å². The predicted octanol–water partition coefficient (Wildman–Crippen LogP) is 4.37. The van der Waals surface area contributed by atoms with E-state index in [1.54, 1.807) is 41.9 Å². The third-order valence-electron chi connectivity index (χ3n) is 4.96. The topological polar surface area (TPSA) is 77.3 Å². The van der Waals surface area contributed by atoms with Crippen LogP contribution in [0.3, 0.4) is 0 Å². The second kappa shape index (κ2) is 10.8. The SMILES string of the molecule is CN(C(=O)COC(=O)CSc1nnc(-c2ccccc2F)n1-c1ccccc1)c1ccccc1. The van der Waals surface area contributed by atoms with Crippen LogP contribution in [0, 0.1) is 5.82 Å². The smallest absolute Gasteiger partial charge is 0.316 e. The van der Waals surface area contributed by atoms with Gasteiger partial charge in [-0.1, -0.05) is 60.3 Å². The number of thioether (sulfide) groups is 1. The molecular formula is C25H21FN4O3S. The van der Waals surface area contributed by atoms with Gasteiger partial charge in [0.15, 0.2) is 17.6 Å². The molecule has 0 radical (unpaired) electrons. The van der Waals surface area contributed by atoms with Crippen molar-refractivity contribution in [3.8, 4) is 17.1 Å². The highest BCUT2D eigenvalue weighted by atomic mass is 32.2. The first-order chi connectivity index (χ1) is 16.5. The van der Waals surface area contributed by atoms with E-state index >= 15 is 0 Å². The van der Waals surface area contributed by atoms with E-state index in [-0.39, 0.29) is 18.3 Å². The Morgan fingerprint density at radius 2 is 1.59 bits per heavy atom. The van der Waals surface area contributed by atoms with Crippen molar-refractivity contribution in [3.05, 3.63) is 90.7 Å². The van der Waals surface area contributed by atoms with Gasteiger partial charge < -0.3 is 9.64 Å². The minimum absolute atomic E-state index is 0.0927. The number of likely N-dealkylation sites (N-methyl/N-ethyl adjacent to an activating group) is 1. The first-order valence-corrected chi connectivity index (χ1v) is 11.4. The van der Waals surface area contributed by atoms with Gasteiger partial charge in [0.2, 0.25) is 0 Å². The van der Waals surface area contributed by atoms with Crippen molar-refractivity contribution in [3.63, 3.8) is 0 Å². The maximum atomic E-state index is 14.5. The number of rotatable bonds is 8. The number of carbonyl (C=O) groups is 2. The van der Waals surface area contributed by atoms with E-state index in [1.165, 1.54) is 11.0 Å². The Balaban J connectivity index is 1.45. The van der Waals surface area contributed by atoms with Crippen molar-refractivity contribution in [2.24, 2.45) is 0 Å². The summed E-state index contributed by atoms with van der Waals surface area (Å²) in [6, 6.07) is 24.6. The number of ether oxygens (including phenoxy) is 1. The second-order valence-corrected chi connectivity index (χ2v) is 8.14. The molecule has 172 valence electrons. The van der Waals surface area contributed by atoms with Crippen LogP contribution in [0.15, 0.2) is 90.1 Å². The molecule has 0 spiro atoms. The average Bonchev–Trinajstić information content (AvgIpc) is 3.30. The first-order valence-electron chi connectivity index (χ1n) is 10.4. The molecule has 0 aliphatic rings. The lowest BCUT2D eigenvalue weighted by Gasteiger charge is -2.17. The summed E-state index contributed by atoms with van der Waals surface area (Å²) in [5, 5.41) is 8.74. The molecule has 3 aromatic carbocycles. The maximum Gasteiger partial charge on any atom is 0.316 e. The molecule has 34 heavy (non-hydrogen) atoms. The summed E-state index contributed by atoms with van der Waals surface area (Å²) in [7, 11) is 1.62. The van der Waals surface area contributed by atoms with Crippen LogP contribution in [0.1, 0.15) is 0 Å². The highest BCUT2D eigenvalue weighted by Gasteiger charge is 2.20. The Bertz CT molecular complexity index is 1280. The molecule has 1 amide bonds. The zero-order valence-electron chi connectivity index (χ0n) is 18.3. The molecule has 0 aliphatic heterocycles. The lowest BCUT2D eigenvalue weighted by atomic mass is 10.2. The molecule has 0 fully saturated rings. The number of hydrogen-bond donors (Lipinski definition) is 0. The predicted molar refractivity (Wildman–Crippen MR) is 128 cm³/mol. The number of anilines is 1. The number of halogens is 1. The van der Waals surface area contributed by atoms with Crippen LogP contribution in [-0.4, -0.2) is 46.0 Å². The van der Waals surface area contributed by atoms with Crippen LogP contribution in [0.4, 0.5) is 10.1 Å². The summed E-state index contributed by atoms with van der Waals surface area (Å²) in [6.45, 7) is -0.378. The van der Waals surface area contributed by atoms with Gasteiger partial charge in [0.25, 0.3) is 5.91 Å². The number of para-hydroxylation sites is 2. The standard InChI is InChI=1S/C25H21FN4O3S/c1-29(18-10-4-2-5-11-18)22(31)16-33-23(32)17-34-25-28-27-24(20-14-8-9-15-21(20)26)30(25)19-12-6-3-7-13-19/h2-15H,16-17H2,1H3. The monoisotopic (exact) mass is 476 g/mol. The Kier molecular flexibility index (Phi) is 7.34. The third-order valence-corrected chi connectivity index (χ3v) is 5.86. The van der Waals surface area contributed by atoms with Crippen molar-refractivity contribution in [2.45, 2.75) is 5.16 Å². The van der Waals surface area contributed by atoms with Crippen molar-refractivity contribution in [1.82, 2.24) is 14.8 Å². The fourth-order valence-corrected chi connectivity index (χ4v) is 3.94. The van der Waals surface area contributed by atoms with Crippen LogP contribution in [0.5, 0.6) is 0 Å². The Morgan fingerprint density at radius 1 is 0.941 bits per heavy atom. The summed E-state index contributed by atoms with van der Waals surface area (Å²) >= 11 is 1.10. The molecule has 4 aromatic rings. The number of aromatic nitrogens is 3. The minimum atomic E-state index is -0.574. The average molecular weight is 477 g/mol. The molecule has 0 bridgehead atoms. The van der Waals surface area contributed by atoms with Crippen molar-refractivity contribution in [1.29, 1.82) is 0 Å². The molecule has 0 saturated heterocycles. The van der Waals surface area contributed by atoms with Gasteiger partial charge in [-0.15, -0.1) is 10.2 Å². The van der Waals surface area contributed by atoms with E-state index in [0.29, 0.717) is 22.2 Å². The lowest BCUT2D eigenvalue weighted by Crippen LogP contribution is -2.31. The number of hydrogen-bond acceptors (Lipinski definition) is 6. The zero-order valence-corrected chi connectivity index (χ0v) is 19.1. The zero-order chi connectivity index (χ0) is 23.9. The summed E-state index contributed by atoms with van der Waals surface area (Å²) in [5.74, 6) is -1.12. The first kappa shape index (κ1) is 23.2. The van der Waals surface area contributed by atoms with Gasteiger partial charge in [-0.25, -0.2) is 4.39 Å². The van der Waals surface area contributed by atoms with Gasteiger partial charge in [0.05, 0.1) is 11.3 Å². The second-order valence-electron chi connectivity index (χ2n) is 7.19. The number of amides is 1. The third kappa shape index (κ3) is 5.32. The van der Waals surface area contributed by atoms with Crippen LogP contribution in [0.2, 0.25) is 0 Å². The summed E-state index contributed by atoms with van der Waals surface area (Å²) in [6.07, 6.45) is 0. The van der Waals surface area contributed by atoms with Crippen molar-refractivity contribution in [2.75, 3.05) is 24.3 Å². The van der Waals surface area contributed by atoms with Crippen LogP contribution in [0.25, 0.3) is 17.1 Å². The molecule has 0 N–H and O–H groups in total. The highest BCUT2D eigenvalue weighted by Crippen LogP contribution is 2.29. The lowest BCUT2D eigenvalue weighted by molar-refractivity contribution is -0.145. The summed E-state index contributed by atoms with van der Waals surface area (Å²) in [4.78, 5) is 26.1. The fourth-order valence-electron chi connectivity index (χ4n) is 3.19. The fraction of sp³-hybridized carbons (Fsp3) is 0.120. The van der Waals surface area contributed by atoms with Gasteiger partial charge >= 0.3 is 5.97 Å². The maximum absolute atomic E-state index is 14.5. The highest BCUT2D eigenvalue weighted by molar-refractivity contribution is 7.99. The van der Waals surface area contributed by atoms with Gasteiger partial charge in [-0.05, 0) is 36.4 Å². The number of nitrogens with zero attached hydrogens (tertiary/aromatic N) is 4. The molecule has 9 heteroatoms. The van der Waals surface area contributed by atoms with E-state index in [9.17, 15) is 14.0 Å². The molecule has 0 saturated carbocycles. The van der Waals surface area contributed by atoms with Gasteiger partial charge in [0, 0.05) is 18.4 Å². The van der Waals surface area contributed by atoms with Crippen molar-refractivity contribution >= 4 is 29.3 Å². The normalized spacial score (nSPS) is 10.6. The quantitative estimate of drug-likeness (QED) is 0.278. The van der Waals surface area contributed by atoms with Crippen LogP contribution >= 0.6 is 11.8 Å². The molecule has 1 heterocycles. The van der Waals surface area contributed by atoms with Gasteiger partial charge in [-0.3, -0.25) is 14.2 Å². The largest absolute Gasteiger partial charge is 0.455 e. The Hall–Kier alpha value is -3.98. The molecule has 7 nitrogen and oxygen atoms in total. The molecule has 4 rings (SSSR count). The molecule has 0 atom stereocenters. The molecule has 1 aromatic heterocycles. The van der Waals surface area contributed by atoms with E-state index in [1.807, 2.05) is 48.5 Å². The van der Waals surface area contributed by atoms with Crippen molar-refractivity contribution < 1.29 is 18.7 Å². The molecule has 0 aliphatic carbocycles. The van der Waals surface area contributed by atoms with Crippen LogP contribution in [-0.2, 0) is 14.3 Å². The summed E-state index contributed by atoms with van der Waals surface area (Å²) in [5.41, 5.74) is 1.72. The van der Waals surface area contributed by atoms with E-state index in [4.69, 9.17) is 4.74 Å². The van der Waals surface area contributed by atoms with Gasteiger partial charge in [-0.2, -0.15) is 0 Å². The van der Waals surface area contributed by atoms with E-state index < -0.39 is 11.8 Å². The Morgan fingerprint density at radius 3 is 2.29 bits per heavy atom. The van der Waals surface area contributed by atoms with E-state index in [0.717, 1.165) is 17.4 Å². The number of benzene rings is 3. The molecular weight excluding hydrogens is 455 g/mol. The molecule has 0 unspecified atom stereocenters. The number of carbonyl (C=O) groups excluding carboxylic acids is 2.